The first-order valence-electron chi connectivity index (χ1n) is 7.43. The lowest BCUT2D eigenvalue weighted by Gasteiger charge is -2.49. The molecule has 0 aromatic rings. The van der Waals surface area contributed by atoms with Gasteiger partial charge in [0.2, 0.25) is 0 Å². The molecule has 0 heterocycles. The molecule has 3 aliphatic rings. The molecule has 0 spiro atoms. The third-order valence-electron chi connectivity index (χ3n) is 6.46. The van der Waals surface area contributed by atoms with Gasteiger partial charge in [0.15, 0.2) is 0 Å². The van der Waals surface area contributed by atoms with Crippen molar-refractivity contribution in [3.8, 4) is 0 Å². The van der Waals surface area contributed by atoms with E-state index in [9.17, 15) is 0 Å². The fourth-order valence-corrected chi connectivity index (χ4v) is 5.00. The van der Waals surface area contributed by atoms with Crippen LogP contribution in [0.4, 0.5) is 0 Å². The first-order chi connectivity index (χ1) is 7.64. The lowest BCUT2D eigenvalue weighted by Crippen LogP contribution is -2.56. The number of hydrogen-bond acceptors (Lipinski definition) is 1. The molecule has 1 nitrogen and oxygen atoms in total. The van der Waals surface area contributed by atoms with Crippen molar-refractivity contribution in [3.05, 3.63) is 0 Å². The van der Waals surface area contributed by atoms with E-state index in [4.69, 9.17) is 5.73 Å². The van der Waals surface area contributed by atoms with Crippen molar-refractivity contribution in [2.75, 3.05) is 0 Å². The Morgan fingerprint density at radius 1 is 0.875 bits per heavy atom. The Bertz CT molecular complexity index is 273. The summed E-state index contributed by atoms with van der Waals surface area (Å²) in [5.74, 6) is 1.94. The molecule has 0 aromatic heterocycles. The van der Waals surface area contributed by atoms with Crippen molar-refractivity contribution in [2.45, 2.75) is 76.7 Å². The molecule has 4 unspecified atom stereocenters. The molecule has 0 amide bonds. The van der Waals surface area contributed by atoms with Crippen molar-refractivity contribution >= 4 is 0 Å². The highest BCUT2D eigenvalue weighted by Gasteiger charge is 2.53. The van der Waals surface area contributed by atoms with Crippen LogP contribution in [0.1, 0.15) is 71.1 Å². The van der Waals surface area contributed by atoms with Crippen LogP contribution in [0.5, 0.6) is 0 Å². The van der Waals surface area contributed by atoms with E-state index in [0.717, 1.165) is 11.8 Å². The fourth-order valence-electron chi connectivity index (χ4n) is 5.00. The molecule has 3 aliphatic carbocycles. The van der Waals surface area contributed by atoms with Gasteiger partial charge in [0.05, 0.1) is 0 Å². The van der Waals surface area contributed by atoms with Gasteiger partial charge < -0.3 is 5.73 Å². The van der Waals surface area contributed by atoms with Crippen LogP contribution in [0.25, 0.3) is 0 Å². The van der Waals surface area contributed by atoms with Crippen LogP contribution >= 0.6 is 0 Å². The summed E-state index contributed by atoms with van der Waals surface area (Å²) in [6.45, 7) is 2.54. The maximum absolute atomic E-state index is 6.89. The maximum Gasteiger partial charge on any atom is 0.0211 e. The second kappa shape index (κ2) is 3.73. The first kappa shape index (κ1) is 11.1. The monoisotopic (exact) mass is 221 g/mol. The van der Waals surface area contributed by atoms with E-state index in [1.54, 1.807) is 0 Å². The molecule has 0 aliphatic heterocycles. The maximum atomic E-state index is 6.89. The minimum atomic E-state index is 0.184. The Kier molecular flexibility index (Phi) is 2.58. The van der Waals surface area contributed by atoms with Crippen LogP contribution in [-0.4, -0.2) is 5.54 Å². The molecule has 4 atom stereocenters. The number of rotatable bonds is 0. The quantitative estimate of drug-likeness (QED) is 0.660. The third kappa shape index (κ3) is 1.47. The summed E-state index contributed by atoms with van der Waals surface area (Å²) in [6, 6.07) is 0. The summed E-state index contributed by atoms with van der Waals surface area (Å²) in [7, 11) is 0. The van der Waals surface area contributed by atoms with Crippen molar-refractivity contribution in [1.82, 2.24) is 0 Å². The summed E-state index contributed by atoms with van der Waals surface area (Å²) in [6.07, 6.45) is 14.1. The van der Waals surface area contributed by atoms with E-state index in [1.807, 2.05) is 0 Å². The van der Waals surface area contributed by atoms with Gasteiger partial charge in [0, 0.05) is 5.54 Å². The second-order valence-corrected chi connectivity index (χ2v) is 7.04. The summed E-state index contributed by atoms with van der Waals surface area (Å²) in [4.78, 5) is 0. The van der Waals surface area contributed by atoms with Gasteiger partial charge in [-0.15, -0.1) is 0 Å². The molecule has 0 radical (unpaired) electrons. The zero-order valence-corrected chi connectivity index (χ0v) is 10.8. The SMILES string of the molecule is CC12CCC3CCC1CCCCC2(N)CC3. The van der Waals surface area contributed by atoms with Crippen LogP contribution in [-0.2, 0) is 0 Å². The Balaban J connectivity index is 2.02. The van der Waals surface area contributed by atoms with Crippen LogP contribution in [0, 0.1) is 17.3 Å². The standard InChI is InChI=1S/C15H27N/c1-14-10-7-12-5-6-13(14)4-2-3-9-15(14,16)11-8-12/h12-13H,2-11,16H2,1H3. The second-order valence-electron chi connectivity index (χ2n) is 7.04. The van der Waals surface area contributed by atoms with Crippen molar-refractivity contribution < 1.29 is 0 Å². The minimum absolute atomic E-state index is 0.184. The van der Waals surface area contributed by atoms with E-state index in [1.165, 1.54) is 64.2 Å². The fraction of sp³-hybridized carbons (Fsp3) is 1.00. The van der Waals surface area contributed by atoms with E-state index in [2.05, 4.69) is 6.92 Å². The predicted octanol–water partition coefficient (Wildman–Crippen LogP) is 3.86. The molecule has 0 aromatic carbocycles. The van der Waals surface area contributed by atoms with Crippen LogP contribution in [0.3, 0.4) is 0 Å². The topological polar surface area (TPSA) is 26.0 Å². The Labute approximate surface area is 100 Å². The van der Waals surface area contributed by atoms with Gasteiger partial charge in [0.1, 0.15) is 0 Å². The Morgan fingerprint density at radius 3 is 2.56 bits per heavy atom. The number of nitrogens with two attached hydrogens (primary N) is 1. The predicted molar refractivity (Wildman–Crippen MR) is 68.2 cm³/mol. The lowest BCUT2D eigenvalue weighted by atomic mass is 9.59. The zero-order valence-electron chi connectivity index (χ0n) is 10.8. The summed E-state index contributed by atoms with van der Waals surface area (Å²) < 4.78 is 0. The van der Waals surface area contributed by atoms with Crippen molar-refractivity contribution in [1.29, 1.82) is 0 Å². The van der Waals surface area contributed by atoms with Crippen molar-refractivity contribution in [2.24, 2.45) is 23.0 Å². The van der Waals surface area contributed by atoms with Gasteiger partial charge >= 0.3 is 0 Å². The van der Waals surface area contributed by atoms with E-state index >= 15 is 0 Å². The van der Waals surface area contributed by atoms with Gasteiger partial charge in [-0.2, -0.15) is 0 Å². The van der Waals surface area contributed by atoms with Gasteiger partial charge in [-0.1, -0.05) is 26.2 Å². The molecule has 3 saturated carbocycles. The highest BCUT2D eigenvalue weighted by Crippen LogP contribution is 2.57. The number of hydrogen-bond donors (Lipinski definition) is 1. The molecular weight excluding hydrogens is 194 g/mol. The molecule has 1 heteroatoms. The van der Waals surface area contributed by atoms with E-state index in [0.29, 0.717) is 5.41 Å². The molecule has 0 saturated heterocycles. The van der Waals surface area contributed by atoms with Gasteiger partial charge in [-0.05, 0) is 62.2 Å². The van der Waals surface area contributed by atoms with Gasteiger partial charge in [-0.25, -0.2) is 0 Å². The third-order valence-corrected chi connectivity index (χ3v) is 6.46. The van der Waals surface area contributed by atoms with Crippen LogP contribution in [0.2, 0.25) is 0 Å². The molecule has 16 heavy (non-hydrogen) atoms. The molecule has 3 rings (SSSR count). The highest BCUT2D eigenvalue weighted by atomic mass is 14.8. The summed E-state index contributed by atoms with van der Waals surface area (Å²) in [5, 5.41) is 0. The average molecular weight is 221 g/mol. The number of fused-ring (bicyclic) bond motifs is 2. The molecule has 2 bridgehead atoms. The first-order valence-corrected chi connectivity index (χ1v) is 7.43. The smallest absolute Gasteiger partial charge is 0.0211 e. The van der Waals surface area contributed by atoms with Crippen molar-refractivity contribution in [3.63, 3.8) is 0 Å². The summed E-state index contributed by atoms with van der Waals surface area (Å²) >= 11 is 0. The van der Waals surface area contributed by atoms with Crippen LogP contribution in [0.15, 0.2) is 0 Å². The van der Waals surface area contributed by atoms with Gasteiger partial charge in [-0.3, -0.25) is 0 Å². The largest absolute Gasteiger partial charge is 0.325 e. The lowest BCUT2D eigenvalue weighted by molar-refractivity contribution is 0.0498. The molecule has 92 valence electrons. The average Bonchev–Trinajstić information content (AvgIpc) is 2.56. The van der Waals surface area contributed by atoms with E-state index in [-0.39, 0.29) is 5.54 Å². The summed E-state index contributed by atoms with van der Waals surface area (Å²) in [5.41, 5.74) is 7.54. The van der Waals surface area contributed by atoms with Gasteiger partial charge in [0.25, 0.3) is 0 Å². The molecule has 2 N–H and O–H groups in total. The Morgan fingerprint density at radius 2 is 1.69 bits per heavy atom. The highest BCUT2D eigenvalue weighted by molar-refractivity contribution is 5.08. The molecule has 3 fully saturated rings. The van der Waals surface area contributed by atoms with Crippen LogP contribution < -0.4 is 5.73 Å². The Hall–Kier alpha value is -0.0400. The van der Waals surface area contributed by atoms with E-state index < -0.39 is 0 Å². The normalized spacial score (nSPS) is 52.9. The molecular formula is C15H27N. The zero-order chi connectivity index (χ0) is 11.2. The minimum Gasteiger partial charge on any atom is -0.325 e.